The maximum atomic E-state index is 11.1. The second kappa shape index (κ2) is 4.30. The molecule has 4 nitrogen and oxygen atoms in total. The fraction of sp³-hybridized carbons (Fsp3) is 0.875. The number of methoxy groups -OCH3 is 1. The minimum Gasteiger partial charge on any atom is -0.384 e. The van der Waals surface area contributed by atoms with Gasteiger partial charge in [-0.15, -0.1) is 0 Å². The van der Waals surface area contributed by atoms with Gasteiger partial charge < -0.3 is 15.0 Å². The van der Waals surface area contributed by atoms with Crippen LogP contribution in [0.15, 0.2) is 0 Å². The van der Waals surface area contributed by atoms with Crippen molar-refractivity contribution in [3.05, 3.63) is 0 Å². The third-order valence-corrected chi connectivity index (χ3v) is 1.93. The van der Waals surface area contributed by atoms with Gasteiger partial charge in [0.25, 0.3) is 0 Å². The Morgan fingerprint density at radius 2 is 2.50 bits per heavy atom. The monoisotopic (exact) mass is 172 g/mol. The topological polar surface area (TPSA) is 41.6 Å². The van der Waals surface area contributed by atoms with Crippen LogP contribution in [0, 0.1) is 5.92 Å². The molecule has 12 heavy (non-hydrogen) atoms. The summed E-state index contributed by atoms with van der Waals surface area (Å²) in [5.74, 6) is 0.416. The average molecular weight is 172 g/mol. The smallest absolute Gasteiger partial charge is 0.317 e. The second-order valence-corrected chi connectivity index (χ2v) is 3.24. The third kappa shape index (κ3) is 2.37. The molecule has 2 amide bonds. The van der Waals surface area contributed by atoms with Gasteiger partial charge in [-0.2, -0.15) is 0 Å². The van der Waals surface area contributed by atoms with E-state index in [9.17, 15) is 4.79 Å². The zero-order valence-corrected chi connectivity index (χ0v) is 7.67. The van der Waals surface area contributed by atoms with Gasteiger partial charge in [-0.25, -0.2) is 4.79 Å². The lowest BCUT2D eigenvalue weighted by Gasteiger charge is -2.18. The highest BCUT2D eigenvalue weighted by Gasteiger charge is 2.20. The molecule has 1 saturated heterocycles. The minimum atomic E-state index is 0.0537. The maximum absolute atomic E-state index is 11.1. The van der Waals surface area contributed by atoms with Crippen LogP contribution in [-0.4, -0.2) is 44.3 Å². The van der Waals surface area contributed by atoms with E-state index in [-0.39, 0.29) is 6.03 Å². The van der Waals surface area contributed by atoms with Crippen LogP contribution >= 0.6 is 0 Å². The molecule has 0 saturated carbocycles. The molecule has 1 aliphatic rings. The second-order valence-electron chi connectivity index (χ2n) is 3.24. The van der Waals surface area contributed by atoms with Gasteiger partial charge in [0.2, 0.25) is 0 Å². The summed E-state index contributed by atoms with van der Waals surface area (Å²) in [7, 11) is 1.68. The van der Waals surface area contributed by atoms with E-state index < -0.39 is 0 Å². The van der Waals surface area contributed by atoms with Gasteiger partial charge in [0.15, 0.2) is 0 Å². The number of carbonyl (C=O) groups is 1. The molecule has 0 spiro atoms. The molecule has 1 fully saturated rings. The molecule has 0 bridgehead atoms. The number of hydrogen-bond donors (Lipinski definition) is 1. The third-order valence-electron chi connectivity index (χ3n) is 1.93. The molecule has 1 N–H and O–H groups in total. The Hall–Kier alpha value is -0.770. The molecule has 0 aliphatic carbocycles. The van der Waals surface area contributed by atoms with Crippen molar-refractivity contribution in [3.8, 4) is 0 Å². The summed E-state index contributed by atoms with van der Waals surface area (Å²) in [6.45, 7) is 5.18. The van der Waals surface area contributed by atoms with Crippen molar-refractivity contribution in [1.82, 2.24) is 10.2 Å². The fourth-order valence-corrected chi connectivity index (χ4v) is 1.40. The molecule has 0 aromatic carbocycles. The zero-order chi connectivity index (χ0) is 8.97. The van der Waals surface area contributed by atoms with Gasteiger partial charge in [-0.1, -0.05) is 6.92 Å². The van der Waals surface area contributed by atoms with Gasteiger partial charge in [0.1, 0.15) is 0 Å². The van der Waals surface area contributed by atoms with Crippen molar-refractivity contribution >= 4 is 6.03 Å². The van der Waals surface area contributed by atoms with Crippen molar-refractivity contribution in [3.63, 3.8) is 0 Å². The molecule has 1 rings (SSSR count). The van der Waals surface area contributed by atoms with Crippen LogP contribution in [0.3, 0.4) is 0 Å². The van der Waals surface area contributed by atoms with Crippen LogP contribution in [0.1, 0.15) is 6.92 Å². The highest BCUT2D eigenvalue weighted by Crippen LogP contribution is 2.03. The Morgan fingerprint density at radius 1 is 1.75 bits per heavy atom. The number of ether oxygens (including phenoxy) is 1. The van der Waals surface area contributed by atoms with Crippen LogP contribution in [0.5, 0.6) is 0 Å². The van der Waals surface area contributed by atoms with Crippen molar-refractivity contribution in [2.75, 3.05) is 33.4 Å². The minimum absolute atomic E-state index is 0.0537. The quantitative estimate of drug-likeness (QED) is 0.662. The molecule has 1 aliphatic heterocycles. The summed E-state index contributed by atoms with van der Waals surface area (Å²) < 4.78 is 4.99. The van der Waals surface area contributed by atoms with Gasteiger partial charge in [0.05, 0.1) is 6.61 Å². The number of nitrogens with zero attached hydrogens (tertiary/aromatic N) is 1. The lowest BCUT2D eigenvalue weighted by Crippen LogP contribution is -2.33. The van der Waals surface area contributed by atoms with Crippen LogP contribution in [-0.2, 0) is 4.74 Å². The molecule has 1 heterocycles. The number of urea groups is 1. The van der Waals surface area contributed by atoms with E-state index in [0.717, 1.165) is 19.6 Å². The number of nitrogens with one attached hydrogen (secondary N) is 1. The van der Waals surface area contributed by atoms with Gasteiger partial charge >= 0.3 is 6.03 Å². The summed E-state index contributed by atoms with van der Waals surface area (Å²) in [6, 6.07) is 0.0537. The van der Waals surface area contributed by atoms with E-state index in [0.29, 0.717) is 12.5 Å². The van der Waals surface area contributed by atoms with Crippen LogP contribution in [0.2, 0.25) is 0 Å². The van der Waals surface area contributed by atoms with E-state index in [1.54, 1.807) is 7.11 Å². The molecular formula is C8H16N2O2. The first kappa shape index (κ1) is 9.32. The maximum Gasteiger partial charge on any atom is 0.317 e. The fourth-order valence-electron chi connectivity index (χ4n) is 1.40. The molecule has 1 unspecified atom stereocenters. The number of hydrogen-bond acceptors (Lipinski definition) is 2. The lowest BCUT2D eigenvalue weighted by atomic mass is 10.2. The molecule has 70 valence electrons. The van der Waals surface area contributed by atoms with Crippen LogP contribution in [0.4, 0.5) is 4.79 Å². The van der Waals surface area contributed by atoms with Crippen molar-refractivity contribution in [1.29, 1.82) is 0 Å². The summed E-state index contributed by atoms with van der Waals surface area (Å²) in [5.41, 5.74) is 0. The predicted octanol–water partition coefficient (Wildman–Crippen LogP) is 0.294. The van der Waals surface area contributed by atoms with E-state index in [4.69, 9.17) is 4.74 Å². The number of amides is 2. The van der Waals surface area contributed by atoms with E-state index >= 15 is 0 Å². The molecule has 0 radical (unpaired) electrons. The van der Waals surface area contributed by atoms with E-state index in [1.807, 2.05) is 4.90 Å². The van der Waals surface area contributed by atoms with Crippen LogP contribution in [0.25, 0.3) is 0 Å². The van der Waals surface area contributed by atoms with E-state index in [2.05, 4.69) is 12.2 Å². The van der Waals surface area contributed by atoms with Crippen LogP contribution < -0.4 is 5.32 Å². The van der Waals surface area contributed by atoms with E-state index in [1.165, 1.54) is 0 Å². The summed E-state index contributed by atoms with van der Waals surface area (Å²) in [6.07, 6.45) is 0. The van der Waals surface area contributed by atoms with Gasteiger partial charge in [-0.05, 0) is 5.92 Å². The molecule has 0 aromatic rings. The zero-order valence-electron chi connectivity index (χ0n) is 7.67. The summed E-state index contributed by atoms with van der Waals surface area (Å²) >= 11 is 0. The van der Waals surface area contributed by atoms with Crippen molar-refractivity contribution < 1.29 is 9.53 Å². The first-order valence-electron chi connectivity index (χ1n) is 4.25. The largest absolute Gasteiger partial charge is 0.384 e. The first-order valence-corrected chi connectivity index (χ1v) is 4.25. The Morgan fingerprint density at radius 3 is 3.00 bits per heavy atom. The Kier molecular flexibility index (Phi) is 3.34. The Bertz CT molecular complexity index is 161. The Labute approximate surface area is 72.9 Å². The molecule has 1 atom stereocenters. The normalized spacial score (nSPS) is 19.5. The Balaban J connectivity index is 2.25. The SMILES string of the molecule is COCC(C)CN1CCNC1=O. The molecular weight excluding hydrogens is 156 g/mol. The standard InChI is InChI=1S/C8H16N2O2/c1-7(6-12-2)5-10-4-3-9-8(10)11/h7H,3-6H2,1-2H3,(H,9,11). The highest BCUT2D eigenvalue weighted by molar-refractivity contribution is 5.76. The van der Waals surface area contributed by atoms with Crippen molar-refractivity contribution in [2.24, 2.45) is 5.92 Å². The lowest BCUT2D eigenvalue weighted by molar-refractivity contribution is 0.140. The van der Waals surface area contributed by atoms with Crippen molar-refractivity contribution in [2.45, 2.75) is 6.92 Å². The number of rotatable bonds is 4. The first-order chi connectivity index (χ1) is 5.74. The summed E-state index contributed by atoms with van der Waals surface area (Å²) in [4.78, 5) is 12.9. The van der Waals surface area contributed by atoms with Gasteiger partial charge in [0, 0.05) is 26.7 Å². The highest BCUT2D eigenvalue weighted by atomic mass is 16.5. The predicted molar refractivity (Wildman–Crippen MR) is 46.0 cm³/mol. The van der Waals surface area contributed by atoms with Gasteiger partial charge in [-0.3, -0.25) is 0 Å². The summed E-state index contributed by atoms with van der Waals surface area (Å²) in [5, 5.41) is 2.76. The average Bonchev–Trinajstić information content (AvgIpc) is 2.37. The molecule has 0 aromatic heterocycles. The molecule has 4 heteroatoms. The number of carbonyl (C=O) groups excluding carboxylic acids is 1.